The van der Waals surface area contributed by atoms with Crippen molar-refractivity contribution in [1.82, 2.24) is 0 Å². The van der Waals surface area contributed by atoms with Gasteiger partial charge in [0.25, 0.3) is 5.91 Å². The Kier molecular flexibility index (Phi) is 6.48. The average Bonchev–Trinajstić information content (AvgIpc) is 2.54. The summed E-state index contributed by atoms with van der Waals surface area (Å²) in [5.41, 5.74) is 5.55. The van der Waals surface area contributed by atoms with E-state index in [1.807, 2.05) is 0 Å². The molecule has 24 heavy (non-hydrogen) atoms. The summed E-state index contributed by atoms with van der Waals surface area (Å²) < 4.78 is 18.0. The highest BCUT2D eigenvalue weighted by atomic mass is 35.5. The zero-order valence-corrected chi connectivity index (χ0v) is 14.5. The van der Waals surface area contributed by atoms with Crippen LogP contribution in [-0.4, -0.2) is 17.6 Å². The van der Waals surface area contributed by atoms with Gasteiger partial charge in [0.1, 0.15) is 5.82 Å². The summed E-state index contributed by atoms with van der Waals surface area (Å²) in [6, 6.07) is 9.83. The van der Waals surface area contributed by atoms with Crippen molar-refractivity contribution in [3.8, 4) is 0 Å². The van der Waals surface area contributed by atoms with Gasteiger partial charge in [-0.05, 0) is 30.3 Å². The topological polar surface area (TPSA) is 69.4 Å². The molecule has 2 aromatic carbocycles. The second-order valence-corrected chi connectivity index (χ2v) is 6.55. The van der Waals surface area contributed by atoms with Crippen LogP contribution in [0.3, 0.4) is 0 Å². The fourth-order valence-electron chi connectivity index (χ4n) is 1.82. The maximum atomic E-state index is 12.9. The van der Waals surface area contributed by atoms with E-state index in [0.29, 0.717) is 20.5 Å². The van der Waals surface area contributed by atoms with Crippen LogP contribution in [0.2, 0.25) is 10.0 Å². The number of ether oxygens (including phenoxy) is 1. The first-order valence-electron chi connectivity index (χ1n) is 6.69. The van der Waals surface area contributed by atoms with Gasteiger partial charge in [0.2, 0.25) is 6.10 Å². The Balaban J connectivity index is 2.02. The molecule has 0 aromatic heterocycles. The molecule has 2 aromatic rings. The molecule has 0 fully saturated rings. The van der Waals surface area contributed by atoms with Gasteiger partial charge < -0.3 is 10.5 Å². The van der Waals surface area contributed by atoms with E-state index in [4.69, 9.17) is 33.7 Å². The highest BCUT2D eigenvalue weighted by Crippen LogP contribution is 2.30. The SMILES string of the molecule is NC(=O)C(OC(=O)CSc1cc(Cl)ccc1Cl)c1ccc(F)cc1. The largest absolute Gasteiger partial charge is 0.447 e. The van der Waals surface area contributed by atoms with Gasteiger partial charge in [0.15, 0.2) is 0 Å². The van der Waals surface area contributed by atoms with Gasteiger partial charge in [0.05, 0.1) is 10.8 Å². The van der Waals surface area contributed by atoms with E-state index < -0.39 is 23.8 Å². The van der Waals surface area contributed by atoms with Crippen LogP contribution in [0.15, 0.2) is 47.4 Å². The van der Waals surface area contributed by atoms with Gasteiger partial charge >= 0.3 is 5.97 Å². The fraction of sp³-hybridized carbons (Fsp3) is 0.125. The first kappa shape index (κ1) is 18.6. The Morgan fingerprint density at radius 2 is 1.83 bits per heavy atom. The highest BCUT2D eigenvalue weighted by Gasteiger charge is 2.22. The minimum Gasteiger partial charge on any atom is -0.447 e. The predicted molar refractivity (Wildman–Crippen MR) is 91.6 cm³/mol. The summed E-state index contributed by atoms with van der Waals surface area (Å²) in [7, 11) is 0. The predicted octanol–water partition coefficient (Wildman–Crippen LogP) is 3.99. The van der Waals surface area contributed by atoms with Gasteiger partial charge in [-0.25, -0.2) is 4.39 Å². The number of halogens is 3. The monoisotopic (exact) mass is 387 g/mol. The molecule has 2 rings (SSSR count). The average molecular weight is 388 g/mol. The molecule has 1 amide bonds. The Bertz CT molecular complexity index is 755. The molecular formula is C16H12Cl2FNO3S. The Morgan fingerprint density at radius 3 is 2.46 bits per heavy atom. The molecule has 8 heteroatoms. The number of carbonyl (C=O) groups is 2. The standard InChI is InChI=1S/C16H12Cl2FNO3S/c17-10-3-6-12(18)13(7-10)24-8-14(21)23-15(16(20)22)9-1-4-11(19)5-2-9/h1-7,15H,8H2,(H2,20,22). The lowest BCUT2D eigenvalue weighted by molar-refractivity contribution is -0.152. The van der Waals surface area contributed by atoms with Crippen LogP contribution >= 0.6 is 35.0 Å². The third kappa shape index (κ3) is 5.12. The molecule has 1 atom stereocenters. The van der Waals surface area contributed by atoms with E-state index >= 15 is 0 Å². The Labute approximate surface area is 152 Å². The first-order valence-corrected chi connectivity index (χ1v) is 8.43. The smallest absolute Gasteiger partial charge is 0.317 e. The number of rotatable bonds is 6. The molecule has 0 radical (unpaired) electrons. The van der Waals surface area contributed by atoms with Gasteiger partial charge in [-0.15, -0.1) is 11.8 Å². The zero-order valence-electron chi connectivity index (χ0n) is 12.2. The number of hydrogen-bond acceptors (Lipinski definition) is 4. The summed E-state index contributed by atoms with van der Waals surface area (Å²) >= 11 is 13.0. The molecule has 0 spiro atoms. The number of carbonyl (C=O) groups excluding carboxylic acids is 2. The van der Waals surface area contributed by atoms with E-state index in [9.17, 15) is 14.0 Å². The van der Waals surface area contributed by atoms with Crippen LogP contribution < -0.4 is 5.73 Å². The normalized spacial score (nSPS) is 11.8. The first-order chi connectivity index (χ1) is 11.4. The molecule has 2 N–H and O–H groups in total. The lowest BCUT2D eigenvalue weighted by Gasteiger charge is -2.15. The Hall–Kier alpha value is -1.76. The lowest BCUT2D eigenvalue weighted by Crippen LogP contribution is -2.26. The number of amides is 1. The highest BCUT2D eigenvalue weighted by molar-refractivity contribution is 8.00. The van der Waals surface area contributed by atoms with Crippen molar-refractivity contribution in [2.24, 2.45) is 5.73 Å². The van der Waals surface area contributed by atoms with Crippen LogP contribution in [0.25, 0.3) is 0 Å². The molecule has 4 nitrogen and oxygen atoms in total. The van der Waals surface area contributed by atoms with Crippen LogP contribution in [0.5, 0.6) is 0 Å². The quantitative estimate of drug-likeness (QED) is 0.600. The zero-order chi connectivity index (χ0) is 17.7. The van der Waals surface area contributed by atoms with Crippen molar-refractivity contribution >= 4 is 46.8 Å². The molecule has 0 heterocycles. The van der Waals surface area contributed by atoms with Crippen LogP contribution in [0.4, 0.5) is 4.39 Å². The van der Waals surface area contributed by atoms with Crippen molar-refractivity contribution < 1.29 is 18.7 Å². The maximum Gasteiger partial charge on any atom is 0.317 e. The minimum atomic E-state index is -1.28. The van der Waals surface area contributed by atoms with Crippen molar-refractivity contribution in [3.05, 3.63) is 63.9 Å². The second-order valence-electron chi connectivity index (χ2n) is 4.69. The van der Waals surface area contributed by atoms with E-state index in [1.165, 1.54) is 12.1 Å². The van der Waals surface area contributed by atoms with Gasteiger partial charge in [-0.3, -0.25) is 9.59 Å². The van der Waals surface area contributed by atoms with E-state index in [2.05, 4.69) is 0 Å². The molecule has 126 valence electrons. The van der Waals surface area contributed by atoms with E-state index in [1.54, 1.807) is 18.2 Å². The summed E-state index contributed by atoms with van der Waals surface area (Å²) in [5.74, 6) is -2.07. The van der Waals surface area contributed by atoms with E-state index in [-0.39, 0.29) is 5.75 Å². The van der Waals surface area contributed by atoms with Gasteiger partial charge in [-0.2, -0.15) is 0 Å². The van der Waals surface area contributed by atoms with E-state index in [0.717, 1.165) is 23.9 Å². The summed E-state index contributed by atoms with van der Waals surface area (Å²) in [4.78, 5) is 24.1. The number of nitrogens with two attached hydrogens (primary N) is 1. The molecule has 0 saturated carbocycles. The Morgan fingerprint density at radius 1 is 1.17 bits per heavy atom. The number of thioether (sulfide) groups is 1. The molecule has 1 unspecified atom stereocenters. The van der Waals surface area contributed by atoms with Crippen molar-refractivity contribution in [2.45, 2.75) is 11.0 Å². The lowest BCUT2D eigenvalue weighted by atomic mass is 10.1. The van der Waals surface area contributed by atoms with Crippen LogP contribution in [0.1, 0.15) is 11.7 Å². The van der Waals surface area contributed by atoms with Gasteiger partial charge in [-0.1, -0.05) is 35.3 Å². The van der Waals surface area contributed by atoms with Crippen LogP contribution in [0, 0.1) is 5.82 Å². The summed E-state index contributed by atoms with van der Waals surface area (Å²) in [6.07, 6.45) is -1.28. The number of esters is 1. The summed E-state index contributed by atoms with van der Waals surface area (Å²) in [5, 5.41) is 0.929. The molecule has 0 aliphatic heterocycles. The van der Waals surface area contributed by atoms with Crippen molar-refractivity contribution in [1.29, 1.82) is 0 Å². The summed E-state index contributed by atoms with van der Waals surface area (Å²) in [6.45, 7) is 0. The molecule has 0 aliphatic rings. The minimum absolute atomic E-state index is 0.0922. The number of hydrogen-bond donors (Lipinski definition) is 1. The number of primary amides is 1. The second kappa shape index (κ2) is 8.37. The molecular weight excluding hydrogens is 376 g/mol. The third-order valence-corrected chi connectivity index (χ3v) is 4.62. The fourth-order valence-corrected chi connectivity index (χ4v) is 3.09. The maximum absolute atomic E-state index is 12.9. The molecule has 0 saturated heterocycles. The molecule has 0 bridgehead atoms. The third-order valence-electron chi connectivity index (χ3n) is 2.92. The van der Waals surface area contributed by atoms with Crippen molar-refractivity contribution in [3.63, 3.8) is 0 Å². The number of benzene rings is 2. The van der Waals surface area contributed by atoms with Crippen LogP contribution in [-0.2, 0) is 14.3 Å². The molecule has 0 aliphatic carbocycles. The van der Waals surface area contributed by atoms with Gasteiger partial charge in [0, 0.05) is 15.5 Å². The van der Waals surface area contributed by atoms with Crippen molar-refractivity contribution in [2.75, 3.05) is 5.75 Å².